The van der Waals surface area contributed by atoms with Crippen LogP contribution in [0.1, 0.15) is 5.56 Å². The average Bonchev–Trinajstić information content (AvgIpc) is 2.32. The number of carbonyl (C=O) groups excluding carboxylic acids is 2. The number of aryl methyl sites for hydroxylation is 1. The van der Waals surface area contributed by atoms with E-state index in [4.69, 9.17) is 35.9 Å². The topological polar surface area (TPSA) is 110 Å². The van der Waals surface area contributed by atoms with Crippen molar-refractivity contribution in [3.05, 3.63) is 23.8 Å². The minimum Gasteiger partial charge on any atom is -0.364 e. The predicted octanol–water partition coefficient (Wildman–Crippen LogP) is 0.444. The van der Waals surface area contributed by atoms with Crippen molar-refractivity contribution < 1.29 is 9.59 Å². The van der Waals surface area contributed by atoms with Gasteiger partial charge in [-0.15, -0.1) is 0 Å². The summed E-state index contributed by atoms with van der Waals surface area (Å²) < 4.78 is 0. The fourth-order valence-corrected chi connectivity index (χ4v) is 1.44. The first kappa shape index (κ1) is 15.0. The van der Waals surface area contributed by atoms with Crippen LogP contribution in [0.3, 0.4) is 0 Å². The number of amides is 2. The van der Waals surface area contributed by atoms with Crippen molar-refractivity contribution in [3.63, 3.8) is 0 Å². The van der Waals surface area contributed by atoms with Crippen molar-refractivity contribution in [1.82, 2.24) is 0 Å². The lowest BCUT2D eigenvalue weighted by Crippen LogP contribution is -2.29. The first-order valence-corrected chi connectivity index (χ1v) is 5.95. The number of anilines is 2. The Morgan fingerprint density at radius 2 is 1.58 bits per heavy atom. The first-order chi connectivity index (χ1) is 8.81. The van der Waals surface area contributed by atoms with Gasteiger partial charge in [-0.2, -0.15) is 0 Å². The normalized spacial score (nSPS) is 9.53. The van der Waals surface area contributed by atoms with Crippen LogP contribution >= 0.6 is 24.4 Å². The van der Waals surface area contributed by atoms with Crippen molar-refractivity contribution >= 4 is 57.6 Å². The first-order valence-electron chi connectivity index (χ1n) is 5.13. The highest BCUT2D eigenvalue weighted by molar-refractivity contribution is 7.82. The predicted molar refractivity (Wildman–Crippen MR) is 82.0 cm³/mol. The minimum atomic E-state index is -0.724. The maximum Gasteiger partial charge on any atom is 0.276 e. The Kier molecular flexibility index (Phi) is 4.90. The molecule has 0 saturated carbocycles. The highest BCUT2D eigenvalue weighted by Gasteiger charge is 2.09. The zero-order chi connectivity index (χ0) is 14.6. The molecule has 0 aliphatic carbocycles. The van der Waals surface area contributed by atoms with Crippen molar-refractivity contribution in [1.29, 1.82) is 0 Å². The molecule has 0 aromatic heterocycles. The SMILES string of the molecule is Cc1ccc(NC(=S)C(N)=O)cc1NC(=S)C(N)=O. The summed E-state index contributed by atoms with van der Waals surface area (Å²) in [5.74, 6) is -1.45. The molecular weight excluding hydrogens is 284 g/mol. The zero-order valence-corrected chi connectivity index (χ0v) is 11.7. The van der Waals surface area contributed by atoms with E-state index in [1.165, 1.54) is 0 Å². The third-order valence-electron chi connectivity index (χ3n) is 2.19. The van der Waals surface area contributed by atoms with Gasteiger partial charge in [0.15, 0.2) is 9.98 Å². The molecule has 6 N–H and O–H groups in total. The second-order valence-electron chi connectivity index (χ2n) is 3.67. The van der Waals surface area contributed by atoms with E-state index in [1.54, 1.807) is 18.2 Å². The van der Waals surface area contributed by atoms with E-state index in [2.05, 4.69) is 10.6 Å². The maximum atomic E-state index is 10.9. The summed E-state index contributed by atoms with van der Waals surface area (Å²) in [6.07, 6.45) is 0. The van der Waals surface area contributed by atoms with Gasteiger partial charge in [-0.05, 0) is 24.6 Å². The van der Waals surface area contributed by atoms with E-state index in [9.17, 15) is 9.59 Å². The van der Waals surface area contributed by atoms with Crippen LogP contribution in [0.5, 0.6) is 0 Å². The Balaban J connectivity index is 2.94. The average molecular weight is 296 g/mol. The Hall–Kier alpha value is -2.06. The molecule has 0 aliphatic rings. The van der Waals surface area contributed by atoms with E-state index in [-0.39, 0.29) is 9.98 Å². The molecule has 0 heterocycles. The molecule has 0 aliphatic heterocycles. The van der Waals surface area contributed by atoms with Crippen LogP contribution in [-0.2, 0) is 9.59 Å². The number of carbonyl (C=O) groups is 2. The third-order valence-corrected chi connectivity index (χ3v) is 2.80. The van der Waals surface area contributed by atoms with Gasteiger partial charge >= 0.3 is 0 Å². The van der Waals surface area contributed by atoms with Crippen LogP contribution in [-0.4, -0.2) is 21.8 Å². The van der Waals surface area contributed by atoms with Gasteiger partial charge in [-0.25, -0.2) is 0 Å². The van der Waals surface area contributed by atoms with Crippen LogP contribution in [0.2, 0.25) is 0 Å². The number of nitrogens with two attached hydrogens (primary N) is 2. The molecule has 0 atom stereocenters. The molecule has 1 aromatic rings. The highest BCUT2D eigenvalue weighted by atomic mass is 32.1. The lowest BCUT2D eigenvalue weighted by molar-refractivity contribution is -0.112. The number of nitrogens with one attached hydrogen (secondary N) is 2. The van der Waals surface area contributed by atoms with E-state index in [0.717, 1.165) is 5.56 Å². The van der Waals surface area contributed by atoms with Gasteiger partial charge in [-0.3, -0.25) is 9.59 Å². The molecule has 0 bridgehead atoms. The Morgan fingerprint density at radius 1 is 1.05 bits per heavy atom. The van der Waals surface area contributed by atoms with Crippen molar-refractivity contribution in [2.45, 2.75) is 6.92 Å². The van der Waals surface area contributed by atoms with Gasteiger partial charge in [0, 0.05) is 11.4 Å². The Morgan fingerprint density at radius 3 is 2.11 bits per heavy atom. The zero-order valence-electron chi connectivity index (χ0n) is 10.0. The second-order valence-corrected chi connectivity index (χ2v) is 4.48. The van der Waals surface area contributed by atoms with Gasteiger partial charge < -0.3 is 22.1 Å². The smallest absolute Gasteiger partial charge is 0.276 e. The second kappa shape index (κ2) is 6.21. The van der Waals surface area contributed by atoms with Crippen LogP contribution < -0.4 is 22.1 Å². The van der Waals surface area contributed by atoms with Crippen molar-refractivity contribution in [3.8, 4) is 0 Å². The van der Waals surface area contributed by atoms with Crippen LogP contribution in [0.4, 0.5) is 11.4 Å². The summed E-state index contributed by atoms with van der Waals surface area (Å²) in [5.41, 5.74) is 12.1. The Labute approximate surface area is 120 Å². The summed E-state index contributed by atoms with van der Waals surface area (Å²) in [7, 11) is 0. The fraction of sp³-hybridized carbons (Fsp3) is 0.0909. The van der Waals surface area contributed by atoms with Gasteiger partial charge in [0.1, 0.15) is 0 Å². The Bertz CT molecular complexity index is 572. The van der Waals surface area contributed by atoms with Crippen LogP contribution in [0.15, 0.2) is 18.2 Å². The number of rotatable bonds is 2. The number of thiocarbonyl (C=S) groups is 2. The molecular formula is C11H12N4O2S2. The quantitative estimate of drug-likeness (QED) is 0.590. The summed E-state index contributed by atoms with van der Waals surface area (Å²) in [4.78, 5) is 21.5. The maximum absolute atomic E-state index is 10.9. The van der Waals surface area contributed by atoms with E-state index in [0.29, 0.717) is 11.4 Å². The molecule has 0 fully saturated rings. The molecule has 0 saturated heterocycles. The van der Waals surface area contributed by atoms with Crippen LogP contribution in [0, 0.1) is 6.92 Å². The summed E-state index contributed by atoms with van der Waals surface area (Å²) >= 11 is 9.55. The summed E-state index contributed by atoms with van der Waals surface area (Å²) in [6.45, 7) is 1.82. The monoisotopic (exact) mass is 296 g/mol. The molecule has 8 heteroatoms. The number of benzene rings is 1. The summed E-state index contributed by atoms with van der Waals surface area (Å²) in [6, 6.07) is 5.11. The van der Waals surface area contributed by atoms with E-state index < -0.39 is 11.8 Å². The van der Waals surface area contributed by atoms with E-state index in [1.807, 2.05) is 6.92 Å². The van der Waals surface area contributed by atoms with Gasteiger partial charge in [0.05, 0.1) is 0 Å². The van der Waals surface area contributed by atoms with Gasteiger partial charge in [0.2, 0.25) is 0 Å². The number of primary amides is 2. The van der Waals surface area contributed by atoms with Crippen LogP contribution in [0.25, 0.3) is 0 Å². The van der Waals surface area contributed by atoms with E-state index >= 15 is 0 Å². The molecule has 6 nitrogen and oxygen atoms in total. The lowest BCUT2D eigenvalue weighted by Gasteiger charge is -2.11. The lowest BCUT2D eigenvalue weighted by atomic mass is 10.1. The molecule has 2 amide bonds. The van der Waals surface area contributed by atoms with Crippen molar-refractivity contribution in [2.75, 3.05) is 10.6 Å². The molecule has 100 valence electrons. The largest absolute Gasteiger partial charge is 0.364 e. The van der Waals surface area contributed by atoms with Gasteiger partial charge in [-0.1, -0.05) is 30.5 Å². The molecule has 0 radical (unpaired) electrons. The molecule has 0 spiro atoms. The van der Waals surface area contributed by atoms with Gasteiger partial charge in [0.25, 0.3) is 11.8 Å². The summed E-state index contributed by atoms with van der Waals surface area (Å²) in [5, 5.41) is 5.38. The molecule has 19 heavy (non-hydrogen) atoms. The number of hydrogen-bond acceptors (Lipinski definition) is 4. The molecule has 1 aromatic carbocycles. The molecule has 0 unspecified atom stereocenters. The molecule has 1 rings (SSSR count). The highest BCUT2D eigenvalue weighted by Crippen LogP contribution is 2.20. The van der Waals surface area contributed by atoms with Crippen molar-refractivity contribution in [2.24, 2.45) is 11.5 Å². The third kappa shape index (κ3) is 4.27. The minimum absolute atomic E-state index is 0.0993. The fourth-order valence-electron chi connectivity index (χ4n) is 1.21. The standard InChI is InChI=1S/C11H12N4O2S2/c1-5-2-3-6(14-10(18)8(12)16)4-7(5)15-11(19)9(13)17/h2-4H,1H3,(H2,12,16)(H2,13,17)(H,14,18)(H,15,19). The number of hydrogen-bond donors (Lipinski definition) is 4.